The van der Waals surface area contributed by atoms with Gasteiger partial charge in [0, 0.05) is 18.3 Å². The van der Waals surface area contributed by atoms with Gasteiger partial charge >= 0.3 is 0 Å². The predicted molar refractivity (Wildman–Crippen MR) is 113 cm³/mol. The number of rotatable bonds is 3. The summed E-state index contributed by atoms with van der Waals surface area (Å²) < 4.78 is 0. The Hall–Kier alpha value is -2.33. The molecule has 27 heavy (non-hydrogen) atoms. The third-order valence-electron chi connectivity index (χ3n) is 5.51. The van der Waals surface area contributed by atoms with Crippen molar-refractivity contribution in [3.05, 3.63) is 63.7 Å². The van der Waals surface area contributed by atoms with Crippen LogP contribution in [0.5, 0.6) is 0 Å². The summed E-state index contributed by atoms with van der Waals surface area (Å²) in [6, 6.07) is 11.3. The zero-order chi connectivity index (χ0) is 19.8. The average molecular weight is 384 g/mol. The number of nitrogens with zero attached hydrogens (tertiary/aromatic N) is 2. The Labute approximate surface area is 166 Å². The number of aryl methyl sites for hydroxylation is 1. The Kier molecular flexibility index (Phi) is 5.29. The van der Waals surface area contributed by atoms with Gasteiger partial charge in [-0.05, 0) is 74.1 Å². The van der Waals surface area contributed by atoms with E-state index >= 15 is 0 Å². The molecule has 5 heteroatoms. The van der Waals surface area contributed by atoms with Crippen LogP contribution in [0.15, 0.2) is 41.5 Å². The summed E-state index contributed by atoms with van der Waals surface area (Å²) in [6.45, 7) is 8.89. The molecular formula is C22H26ClN3O. The Balaban J connectivity index is 1.82. The summed E-state index contributed by atoms with van der Waals surface area (Å²) in [7, 11) is 2.15. The van der Waals surface area contributed by atoms with Crippen molar-refractivity contribution in [1.82, 2.24) is 5.43 Å². The smallest absolute Gasteiger partial charge is 0.272 e. The summed E-state index contributed by atoms with van der Waals surface area (Å²) in [5.74, 6) is 0.152. The van der Waals surface area contributed by atoms with Crippen LogP contribution in [0.25, 0.3) is 0 Å². The molecule has 0 saturated carbocycles. The monoisotopic (exact) mass is 383 g/mol. The molecule has 1 heterocycles. The van der Waals surface area contributed by atoms with E-state index in [1.54, 1.807) is 30.5 Å². The summed E-state index contributed by atoms with van der Waals surface area (Å²) in [5, 5.41) is 4.56. The van der Waals surface area contributed by atoms with Crippen molar-refractivity contribution in [2.75, 3.05) is 11.9 Å². The summed E-state index contributed by atoms with van der Waals surface area (Å²) in [4.78, 5) is 14.6. The van der Waals surface area contributed by atoms with Crippen LogP contribution in [0.3, 0.4) is 0 Å². The van der Waals surface area contributed by atoms with Crippen molar-refractivity contribution < 1.29 is 4.79 Å². The highest BCUT2D eigenvalue weighted by molar-refractivity contribution is 6.33. The van der Waals surface area contributed by atoms with Gasteiger partial charge in [-0.3, -0.25) is 4.79 Å². The number of nitrogens with one attached hydrogen (secondary N) is 1. The molecule has 1 aliphatic heterocycles. The highest BCUT2D eigenvalue weighted by atomic mass is 35.5. The van der Waals surface area contributed by atoms with Crippen LogP contribution in [0.2, 0.25) is 5.02 Å². The molecule has 3 rings (SSSR count). The van der Waals surface area contributed by atoms with E-state index in [1.165, 1.54) is 11.3 Å². The normalized spacial score (nSPS) is 18.4. The van der Waals surface area contributed by atoms with Gasteiger partial charge in [-0.1, -0.05) is 30.7 Å². The fourth-order valence-electron chi connectivity index (χ4n) is 3.74. The number of hydrazone groups is 1. The van der Waals surface area contributed by atoms with Gasteiger partial charge in [-0.15, -0.1) is 0 Å². The topological polar surface area (TPSA) is 44.7 Å². The number of hydrogen-bond acceptors (Lipinski definition) is 3. The van der Waals surface area contributed by atoms with Gasteiger partial charge < -0.3 is 4.90 Å². The first-order valence-corrected chi connectivity index (χ1v) is 9.55. The maximum Gasteiger partial charge on any atom is 0.272 e. The lowest BCUT2D eigenvalue weighted by atomic mass is 9.79. The van der Waals surface area contributed by atoms with Crippen molar-refractivity contribution in [3.63, 3.8) is 0 Å². The number of hydrogen-bond donors (Lipinski definition) is 1. The molecule has 0 saturated heterocycles. The average Bonchev–Trinajstić information content (AvgIpc) is 2.60. The van der Waals surface area contributed by atoms with Crippen molar-refractivity contribution >= 4 is 29.4 Å². The number of benzene rings is 2. The molecule has 0 radical (unpaired) electrons. The maximum absolute atomic E-state index is 12.2. The quantitative estimate of drug-likeness (QED) is 0.589. The molecule has 2 aromatic carbocycles. The summed E-state index contributed by atoms with van der Waals surface area (Å²) in [5.41, 5.74) is 7.84. The van der Waals surface area contributed by atoms with E-state index in [1.807, 2.05) is 0 Å². The Morgan fingerprint density at radius 1 is 1.33 bits per heavy atom. The van der Waals surface area contributed by atoms with Crippen LogP contribution >= 0.6 is 11.6 Å². The number of halogens is 1. The summed E-state index contributed by atoms with van der Waals surface area (Å²) in [6.07, 6.45) is 2.80. The molecule has 0 unspecified atom stereocenters. The first kappa shape index (κ1) is 19.4. The first-order chi connectivity index (χ1) is 12.7. The van der Waals surface area contributed by atoms with E-state index in [0.717, 1.165) is 17.5 Å². The standard InChI is InChI=1S/C22H26ClN3O/c1-14-10-20-18(15(2)12-22(3,4)26(20)5)11-16(14)13-24-25-21(27)17-8-6-7-9-19(17)23/h6-11,13,15H,12H2,1-5H3,(H,25,27)/b24-13-/t15-/m1/s1. The van der Waals surface area contributed by atoms with Gasteiger partial charge in [0.2, 0.25) is 0 Å². The molecule has 142 valence electrons. The maximum atomic E-state index is 12.2. The minimum atomic E-state index is -0.317. The van der Waals surface area contributed by atoms with E-state index in [0.29, 0.717) is 16.5 Å². The molecule has 0 aromatic heterocycles. The zero-order valence-corrected chi connectivity index (χ0v) is 17.3. The second-order valence-electron chi connectivity index (χ2n) is 7.92. The lowest BCUT2D eigenvalue weighted by Gasteiger charge is -2.45. The highest BCUT2D eigenvalue weighted by Crippen LogP contribution is 2.43. The second-order valence-corrected chi connectivity index (χ2v) is 8.33. The van der Waals surface area contributed by atoms with E-state index < -0.39 is 0 Å². The fraction of sp³-hybridized carbons (Fsp3) is 0.364. The fourth-order valence-corrected chi connectivity index (χ4v) is 3.96. The zero-order valence-electron chi connectivity index (χ0n) is 16.5. The summed E-state index contributed by atoms with van der Waals surface area (Å²) >= 11 is 6.06. The Bertz CT molecular complexity index is 904. The van der Waals surface area contributed by atoms with Crippen molar-refractivity contribution in [2.24, 2.45) is 5.10 Å². The molecule has 1 amide bonds. The van der Waals surface area contributed by atoms with Crippen molar-refractivity contribution in [2.45, 2.75) is 45.6 Å². The number of carbonyl (C=O) groups is 1. The molecule has 0 aliphatic carbocycles. The largest absolute Gasteiger partial charge is 0.369 e. The van der Waals surface area contributed by atoms with Gasteiger partial charge in [0.1, 0.15) is 0 Å². The molecule has 1 N–H and O–H groups in total. The van der Waals surface area contributed by atoms with Gasteiger partial charge in [-0.2, -0.15) is 5.10 Å². The molecular weight excluding hydrogens is 358 g/mol. The van der Waals surface area contributed by atoms with E-state index in [4.69, 9.17) is 11.6 Å². The minimum Gasteiger partial charge on any atom is -0.369 e. The SMILES string of the molecule is Cc1cc2c(cc1/C=N\NC(=O)c1ccccc1Cl)[C@H](C)CC(C)(C)N2C. The third kappa shape index (κ3) is 3.86. The molecule has 4 nitrogen and oxygen atoms in total. The minimum absolute atomic E-state index is 0.136. The van der Waals surface area contributed by atoms with E-state index in [9.17, 15) is 4.79 Å². The lowest BCUT2D eigenvalue weighted by molar-refractivity contribution is 0.0955. The third-order valence-corrected chi connectivity index (χ3v) is 5.84. The molecule has 0 bridgehead atoms. The molecule has 1 atom stereocenters. The van der Waals surface area contributed by atoms with Crippen LogP contribution in [-0.4, -0.2) is 24.7 Å². The lowest BCUT2D eigenvalue weighted by Crippen LogP contribution is -2.45. The predicted octanol–water partition coefficient (Wildman–Crippen LogP) is 5.13. The van der Waals surface area contributed by atoms with E-state index in [2.05, 4.69) is 62.3 Å². The van der Waals surface area contributed by atoms with Gasteiger partial charge in [0.25, 0.3) is 5.91 Å². The molecule has 0 fully saturated rings. The molecule has 2 aromatic rings. The van der Waals surface area contributed by atoms with Crippen molar-refractivity contribution in [1.29, 1.82) is 0 Å². The first-order valence-electron chi connectivity index (χ1n) is 9.17. The van der Waals surface area contributed by atoms with Crippen LogP contribution in [0.1, 0.15) is 60.2 Å². The van der Waals surface area contributed by atoms with Gasteiger partial charge in [0.15, 0.2) is 0 Å². The van der Waals surface area contributed by atoms with Crippen molar-refractivity contribution in [3.8, 4) is 0 Å². The molecule has 1 aliphatic rings. The van der Waals surface area contributed by atoms with Gasteiger partial charge in [0.05, 0.1) is 16.8 Å². The Morgan fingerprint density at radius 2 is 2.04 bits per heavy atom. The highest BCUT2D eigenvalue weighted by Gasteiger charge is 2.34. The van der Waals surface area contributed by atoms with Crippen LogP contribution < -0.4 is 10.3 Å². The Morgan fingerprint density at radius 3 is 2.74 bits per heavy atom. The second kappa shape index (κ2) is 7.35. The molecule has 0 spiro atoms. The van der Waals surface area contributed by atoms with Gasteiger partial charge in [-0.25, -0.2) is 5.43 Å². The van der Waals surface area contributed by atoms with Crippen LogP contribution in [-0.2, 0) is 0 Å². The number of anilines is 1. The number of fused-ring (bicyclic) bond motifs is 1. The van der Waals surface area contributed by atoms with Crippen LogP contribution in [0, 0.1) is 6.92 Å². The van der Waals surface area contributed by atoms with E-state index in [-0.39, 0.29) is 11.4 Å². The number of carbonyl (C=O) groups excluding carboxylic acids is 1. The number of amides is 1. The van der Waals surface area contributed by atoms with Crippen LogP contribution in [0.4, 0.5) is 5.69 Å².